The molecule has 1 aliphatic heterocycles. The van der Waals surface area contributed by atoms with Crippen LogP contribution in [0.5, 0.6) is 17.2 Å². The van der Waals surface area contributed by atoms with Gasteiger partial charge in [-0.3, -0.25) is 14.4 Å². The van der Waals surface area contributed by atoms with Gasteiger partial charge in [0.2, 0.25) is 0 Å². The number of nitrogens with zero attached hydrogens (tertiary/aromatic N) is 1. The van der Waals surface area contributed by atoms with E-state index in [0.717, 1.165) is 16.7 Å². The van der Waals surface area contributed by atoms with E-state index in [-0.39, 0.29) is 16.5 Å². The molecule has 3 amide bonds. The molecule has 0 aliphatic carbocycles. The number of hydrogen-bond donors (Lipinski definition) is 2. The number of anilines is 3. The summed E-state index contributed by atoms with van der Waals surface area (Å²) in [5.41, 5.74) is 1.72. The van der Waals surface area contributed by atoms with Gasteiger partial charge in [0.05, 0.1) is 32.6 Å². The number of amides is 3. The molecule has 0 fully saturated rings. The minimum atomic E-state index is -0.556. The molecule has 1 aliphatic rings. The van der Waals surface area contributed by atoms with Gasteiger partial charge in [0.25, 0.3) is 17.7 Å². The quantitative estimate of drug-likeness (QED) is 0.211. The smallest absolute Gasteiger partial charge is 0.283 e. The van der Waals surface area contributed by atoms with Gasteiger partial charge in [-0.2, -0.15) is 0 Å². The predicted octanol–water partition coefficient (Wildman–Crippen LogP) is 6.09. The highest BCUT2D eigenvalue weighted by molar-refractivity contribution is 8.04. The van der Waals surface area contributed by atoms with Crippen LogP contribution in [0, 0.1) is 5.82 Å². The van der Waals surface area contributed by atoms with Crippen molar-refractivity contribution >= 4 is 46.5 Å². The Balaban J connectivity index is 1.39. The zero-order valence-corrected chi connectivity index (χ0v) is 24.2. The highest BCUT2D eigenvalue weighted by Gasteiger charge is 2.40. The Hall–Kier alpha value is -5.29. The van der Waals surface area contributed by atoms with E-state index >= 15 is 0 Å². The summed E-state index contributed by atoms with van der Waals surface area (Å²) < 4.78 is 29.2. The van der Waals surface area contributed by atoms with E-state index in [1.54, 1.807) is 66.7 Å². The Morgan fingerprint density at radius 2 is 1.37 bits per heavy atom. The molecule has 0 radical (unpaired) electrons. The lowest BCUT2D eigenvalue weighted by Gasteiger charge is -2.15. The van der Waals surface area contributed by atoms with Gasteiger partial charge in [-0.15, -0.1) is 0 Å². The van der Waals surface area contributed by atoms with E-state index in [0.29, 0.717) is 44.8 Å². The van der Waals surface area contributed by atoms with Crippen LogP contribution in [0.2, 0.25) is 0 Å². The Morgan fingerprint density at radius 1 is 0.744 bits per heavy atom. The second-order valence-corrected chi connectivity index (χ2v) is 10.2. The molecule has 0 spiro atoms. The Morgan fingerprint density at radius 3 is 2.00 bits per heavy atom. The van der Waals surface area contributed by atoms with Crippen LogP contribution in [0.25, 0.3) is 0 Å². The van der Waals surface area contributed by atoms with Crippen molar-refractivity contribution in [3.8, 4) is 17.2 Å². The van der Waals surface area contributed by atoms with Crippen LogP contribution in [0.15, 0.2) is 106 Å². The second kappa shape index (κ2) is 12.7. The number of halogens is 1. The maximum atomic E-state index is 13.6. The summed E-state index contributed by atoms with van der Waals surface area (Å²) in [6, 6.07) is 23.7. The molecular formula is C32H26FN3O6S. The van der Waals surface area contributed by atoms with E-state index < -0.39 is 17.6 Å². The van der Waals surface area contributed by atoms with Gasteiger partial charge in [0.15, 0.2) is 0 Å². The number of nitrogens with one attached hydrogen (secondary N) is 2. The lowest BCUT2D eigenvalue weighted by Crippen LogP contribution is -2.32. The normalized spacial score (nSPS) is 12.8. The first-order valence-electron chi connectivity index (χ1n) is 12.9. The molecule has 2 N–H and O–H groups in total. The van der Waals surface area contributed by atoms with Crippen molar-refractivity contribution in [2.75, 3.05) is 36.9 Å². The van der Waals surface area contributed by atoms with Crippen molar-refractivity contribution in [1.29, 1.82) is 0 Å². The molecule has 5 rings (SSSR count). The number of benzene rings is 4. The Kier molecular flexibility index (Phi) is 8.63. The molecule has 0 aromatic heterocycles. The summed E-state index contributed by atoms with van der Waals surface area (Å²) in [5.74, 6) is -0.382. The van der Waals surface area contributed by atoms with Gasteiger partial charge in [-0.1, -0.05) is 11.8 Å². The number of hydrogen-bond acceptors (Lipinski definition) is 8. The van der Waals surface area contributed by atoms with Crippen molar-refractivity contribution < 1.29 is 33.0 Å². The monoisotopic (exact) mass is 599 g/mol. The van der Waals surface area contributed by atoms with Crippen molar-refractivity contribution in [2.24, 2.45) is 0 Å². The third kappa shape index (κ3) is 6.31. The molecule has 0 bridgehead atoms. The molecule has 4 aromatic rings. The summed E-state index contributed by atoms with van der Waals surface area (Å²) in [6.07, 6.45) is 0. The molecule has 218 valence electrons. The standard InChI is InChI=1S/C32H26FN3O6S/c1-40-23-12-10-22(11-13-23)36-31(38)28(34-20-6-4-19(33)5-7-20)29(32(36)39)43-25-15-8-21(9-16-25)35-30(37)26-17-14-24(41-2)18-27(26)42-3/h4-18,34H,1-3H3,(H,35,37). The second-order valence-electron chi connectivity index (χ2n) is 9.13. The number of carbonyl (C=O) groups excluding carboxylic acids is 3. The average molecular weight is 600 g/mol. The van der Waals surface area contributed by atoms with E-state index in [9.17, 15) is 18.8 Å². The summed E-state index contributed by atoms with van der Waals surface area (Å²) in [4.78, 5) is 42.0. The van der Waals surface area contributed by atoms with Gasteiger partial charge in [0, 0.05) is 22.3 Å². The molecule has 43 heavy (non-hydrogen) atoms. The van der Waals surface area contributed by atoms with Gasteiger partial charge in [-0.25, -0.2) is 9.29 Å². The molecule has 4 aromatic carbocycles. The largest absolute Gasteiger partial charge is 0.497 e. The van der Waals surface area contributed by atoms with Gasteiger partial charge in [-0.05, 0) is 84.9 Å². The van der Waals surface area contributed by atoms with Crippen LogP contribution in [0.3, 0.4) is 0 Å². The fraction of sp³-hybridized carbons (Fsp3) is 0.0938. The first kappa shape index (κ1) is 29.2. The number of imide groups is 1. The number of rotatable bonds is 10. The fourth-order valence-corrected chi connectivity index (χ4v) is 5.19. The van der Waals surface area contributed by atoms with Crippen LogP contribution in [0.1, 0.15) is 10.4 Å². The minimum absolute atomic E-state index is 0.0569. The highest BCUT2D eigenvalue weighted by atomic mass is 32.2. The molecule has 1 heterocycles. The minimum Gasteiger partial charge on any atom is -0.497 e. The third-order valence-corrected chi connectivity index (χ3v) is 7.56. The maximum Gasteiger partial charge on any atom is 0.283 e. The zero-order chi connectivity index (χ0) is 30.5. The van der Waals surface area contributed by atoms with Crippen molar-refractivity contribution in [1.82, 2.24) is 0 Å². The van der Waals surface area contributed by atoms with Crippen LogP contribution in [-0.4, -0.2) is 39.1 Å². The summed E-state index contributed by atoms with van der Waals surface area (Å²) >= 11 is 1.09. The van der Waals surface area contributed by atoms with E-state index in [1.807, 2.05) is 0 Å². The van der Waals surface area contributed by atoms with Crippen molar-refractivity contribution in [3.05, 3.63) is 113 Å². The molecule has 11 heteroatoms. The number of thioether (sulfide) groups is 1. The molecule has 0 saturated heterocycles. The fourth-order valence-electron chi connectivity index (χ4n) is 4.27. The van der Waals surface area contributed by atoms with Crippen LogP contribution in [0.4, 0.5) is 21.5 Å². The van der Waals surface area contributed by atoms with E-state index in [1.165, 1.54) is 45.6 Å². The lowest BCUT2D eigenvalue weighted by molar-refractivity contribution is -0.120. The van der Waals surface area contributed by atoms with E-state index in [2.05, 4.69) is 10.6 Å². The molecule has 0 atom stereocenters. The number of carbonyl (C=O) groups is 3. The Bertz CT molecular complexity index is 1710. The number of methoxy groups -OCH3 is 3. The summed E-state index contributed by atoms with van der Waals surface area (Å²) in [6.45, 7) is 0. The maximum absolute atomic E-state index is 13.6. The SMILES string of the molecule is COc1ccc(N2C(=O)C(Nc3ccc(F)cc3)=C(Sc3ccc(NC(=O)c4ccc(OC)cc4OC)cc3)C2=O)cc1. The topological polar surface area (TPSA) is 106 Å². The predicted molar refractivity (Wildman–Crippen MR) is 162 cm³/mol. The highest BCUT2D eigenvalue weighted by Crippen LogP contribution is 2.38. The number of ether oxygens (including phenoxy) is 3. The lowest BCUT2D eigenvalue weighted by atomic mass is 10.1. The average Bonchev–Trinajstić information content (AvgIpc) is 3.26. The van der Waals surface area contributed by atoms with Gasteiger partial charge >= 0.3 is 0 Å². The third-order valence-electron chi connectivity index (χ3n) is 6.47. The summed E-state index contributed by atoms with van der Waals surface area (Å²) in [7, 11) is 4.52. The van der Waals surface area contributed by atoms with Crippen LogP contribution in [-0.2, 0) is 9.59 Å². The molecule has 0 saturated carbocycles. The first-order chi connectivity index (χ1) is 20.8. The van der Waals surface area contributed by atoms with Crippen LogP contribution >= 0.6 is 11.8 Å². The summed E-state index contributed by atoms with van der Waals surface area (Å²) in [5, 5.41) is 5.82. The van der Waals surface area contributed by atoms with Crippen molar-refractivity contribution in [3.63, 3.8) is 0 Å². The zero-order valence-electron chi connectivity index (χ0n) is 23.3. The van der Waals surface area contributed by atoms with Gasteiger partial charge < -0.3 is 24.8 Å². The first-order valence-corrected chi connectivity index (χ1v) is 13.7. The van der Waals surface area contributed by atoms with Crippen LogP contribution < -0.4 is 29.7 Å². The van der Waals surface area contributed by atoms with Gasteiger partial charge in [0.1, 0.15) is 33.7 Å². The molecular weight excluding hydrogens is 573 g/mol. The molecule has 0 unspecified atom stereocenters. The van der Waals surface area contributed by atoms with Crippen molar-refractivity contribution in [2.45, 2.75) is 4.90 Å². The Labute approximate surface area is 251 Å². The molecule has 9 nitrogen and oxygen atoms in total. The van der Waals surface area contributed by atoms with E-state index in [4.69, 9.17) is 14.2 Å².